The highest BCUT2D eigenvalue weighted by Gasteiger charge is 2.01. The topological polar surface area (TPSA) is 61.8 Å². The van der Waals surface area contributed by atoms with Gasteiger partial charge in [0.2, 0.25) is 0 Å². The molecule has 4 heteroatoms. The van der Waals surface area contributed by atoms with Gasteiger partial charge < -0.3 is 11.1 Å². The molecule has 1 aromatic carbocycles. The fourth-order valence-electron chi connectivity index (χ4n) is 1.22. The summed E-state index contributed by atoms with van der Waals surface area (Å²) in [4.78, 5) is 0. The van der Waals surface area contributed by atoms with Crippen LogP contribution in [-0.4, -0.2) is 5.11 Å². The average molecular weight is 205 g/mol. The van der Waals surface area contributed by atoms with E-state index in [1.807, 2.05) is 13.0 Å². The van der Waals surface area contributed by atoms with E-state index >= 15 is 0 Å². The number of nitrogens with one attached hydrogen (secondary N) is 1. The number of nitrogens with two attached hydrogens (primary N) is 1. The van der Waals surface area contributed by atoms with E-state index in [0.29, 0.717) is 5.56 Å². The molecule has 0 heterocycles. The zero-order valence-electron chi connectivity index (χ0n) is 7.87. The van der Waals surface area contributed by atoms with Crippen LogP contribution in [0.1, 0.15) is 18.1 Å². The predicted molar refractivity (Wildman–Crippen MR) is 60.9 cm³/mol. The minimum absolute atomic E-state index is 0.233. The number of thiocarbonyl (C=S) groups is 1. The molecule has 0 aliphatic heterocycles. The Kier molecular flexibility index (Phi) is 3.43. The lowest BCUT2D eigenvalue weighted by Gasteiger charge is -2.06. The Bertz CT molecular complexity index is 393. The number of hydrogen-bond donors (Lipinski definition) is 2. The highest BCUT2D eigenvalue weighted by Crippen LogP contribution is 2.15. The fourth-order valence-corrected chi connectivity index (χ4v) is 1.33. The predicted octanol–water partition coefficient (Wildman–Crippen LogP) is 1.78. The summed E-state index contributed by atoms with van der Waals surface area (Å²) >= 11 is 4.72. The zero-order chi connectivity index (χ0) is 10.6. The molecule has 0 spiro atoms. The van der Waals surface area contributed by atoms with E-state index in [4.69, 9.17) is 23.2 Å². The number of benzene rings is 1. The second kappa shape index (κ2) is 4.58. The van der Waals surface area contributed by atoms with Crippen molar-refractivity contribution in [3.8, 4) is 6.07 Å². The number of rotatable bonds is 2. The summed E-state index contributed by atoms with van der Waals surface area (Å²) in [6.45, 7) is 2.00. The number of nitrogens with zero attached hydrogens (tertiary/aromatic N) is 1. The van der Waals surface area contributed by atoms with Gasteiger partial charge in [-0.3, -0.25) is 0 Å². The van der Waals surface area contributed by atoms with E-state index in [9.17, 15) is 0 Å². The summed E-state index contributed by atoms with van der Waals surface area (Å²) in [5.74, 6) is 0. The van der Waals surface area contributed by atoms with Crippen LogP contribution in [0, 0.1) is 11.3 Å². The molecule has 0 bridgehead atoms. The third kappa shape index (κ3) is 2.44. The second-order valence-electron chi connectivity index (χ2n) is 2.83. The molecule has 0 aliphatic rings. The smallest absolute Gasteiger partial charge is 0.168 e. The highest BCUT2D eigenvalue weighted by molar-refractivity contribution is 7.80. The van der Waals surface area contributed by atoms with Gasteiger partial charge in [-0.05, 0) is 42.4 Å². The van der Waals surface area contributed by atoms with Crippen LogP contribution in [0.15, 0.2) is 18.2 Å². The average Bonchev–Trinajstić information content (AvgIpc) is 2.16. The Hall–Kier alpha value is -1.60. The first kappa shape index (κ1) is 10.5. The molecule has 0 saturated carbocycles. The van der Waals surface area contributed by atoms with Crippen molar-refractivity contribution in [2.45, 2.75) is 13.3 Å². The van der Waals surface area contributed by atoms with Crippen LogP contribution < -0.4 is 11.1 Å². The van der Waals surface area contributed by atoms with Crippen LogP contribution in [0.25, 0.3) is 0 Å². The van der Waals surface area contributed by atoms with Gasteiger partial charge in [0.25, 0.3) is 0 Å². The molecule has 3 nitrogen and oxygen atoms in total. The lowest BCUT2D eigenvalue weighted by molar-refractivity contribution is 1.13. The normalized spacial score (nSPS) is 9.14. The summed E-state index contributed by atoms with van der Waals surface area (Å²) in [6, 6.07) is 7.57. The van der Waals surface area contributed by atoms with Gasteiger partial charge in [-0.2, -0.15) is 5.26 Å². The first-order chi connectivity index (χ1) is 6.67. The quantitative estimate of drug-likeness (QED) is 0.722. The van der Waals surface area contributed by atoms with E-state index in [-0.39, 0.29) is 5.11 Å². The van der Waals surface area contributed by atoms with Crippen molar-refractivity contribution in [2.75, 3.05) is 5.32 Å². The molecular weight excluding hydrogens is 194 g/mol. The summed E-state index contributed by atoms with van der Waals surface area (Å²) in [6.07, 6.45) is 0.815. The van der Waals surface area contributed by atoms with Crippen LogP contribution in [0.2, 0.25) is 0 Å². The lowest BCUT2D eigenvalue weighted by Crippen LogP contribution is -2.18. The van der Waals surface area contributed by atoms with Crippen molar-refractivity contribution in [2.24, 2.45) is 5.73 Å². The SMILES string of the molecule is CCc1cc(NC(N)=S)ccc1C#N. The Balaban J connectivity index is 3.03. The maximum atomic E-state index is 8.80. The maximum Gasteiger partial charge on any atom is 0.168 e. The molecule has 3 N–H and O–H groups in total. The zero-order valence-corrected chi connectivity index (χ0v) is 8.69. The van der Waals surface area contributed by atoms with Crippen molar-refractivity contribution < 1.29 is 0 Å². The van der Waals surface area contributed by atoms with Crippen LogP contribution in [0.5, 0.6) is 0 Å². The Labute approximate surface area is 88.5 Å². The van der Waals surface area contributed by atoms with E-state index in [2.05, 4.69) is 11.4 Å². The van der Waals surface area contributed by atoms with E-state index in [1.165, 1.54) is 0 Å². The van der Waals surface area contributed by atoms with Gasteiger partial charge in [0.1, 0.15) is 0 Å². The van der Waals surface area contributed by atoms with Crippen molar-refractivity contribution in [3.63, 3.8) is 0 Å². The summed E-state index contributed by atoms with van der Waals surface area (Å²) in [5.41, 5.74) is 7.86. The van der Waals surface area contributed by atoms with Gasteiger partial charge in [0.15, 0.2) is 5.11 Å². The third-order valence-electron chi connectivity index (χ3n) is 1.87. The lowest BCUT2D eigenvalue weighted by atomic mass is 10.1. The Morgan fingerprint density at radius 3 is 2.86 bits per heavy atom. The number of hydrogen-bond acceptors (Lipinski definition) is 2. The van der Waals surface area contributed by atoms with Crippen molar-refractivity contribution >= 4 is 23.0 Å². The fraction of sp³-hybridized carbons (Fsp3) is 0.200. The molecule has 0 unspecified atom stereocenters. The van der Waals surface area contributed by atoms with Crippen molar-refractivity contribution in [3.05, 3.63) is 29.3 Å². The third-order valence-corrected chi connectivity index (χ3v) is 1.98. The Morgan fingerprint density at radius 2 is 2.36 bits per heavy atom. The van der Waals surface area contributed by atoms with Gasteiger partial charge in [0.05, 0.1) is 11.6 Å². The van der Waals surface area contributed by atoms with Gasteiger partial charge in [0, 0.05) is 5.69 Å². The molecular formula is C10H11N3S. The largest absolute Gasteiger partial charge is 0.376 e. The van der Waals surface area contributed by atoms with E-state index < -0.39 is 0 Å². The number of anilines is 1. The molecule has 0 fully saturated rings. The Morgan fingerprint density at radius 1 is 1.64 bits per heavy atom. The summed E-state index contributed by atoms with van der Waals surface area (Å²) in [7, 11) is 0. The first-order valence-corrected chi connectivity index (χ1v) is 4.67. The molecule has 1 aromatic rings. The molecule has 0 atom stereocenters. The standard InChI is InChI=1S/C10H11N3S/c1-2-7-5-9(13-10(12)14)4-3-8(7)6-11/h3-5H,2H2,1H3,(H3,12,13,14). The highest BCUT2D eigenvalue weighted by atomic mass is 32.1. The molecule has 0 saturated heterocycles. The van der Waals surface area contributed by atoms with E-state index in [0.717, 1.165) is 17.7 Å². The van der Waals surface area contributed by atoms with Crippen LogP contribution >= 0.6 is 12.2 Å². The van der Waals surface area contributed by atoms with Crippen LogP contribution in [0.3, 0.4) is 0 Å². The van der Waals surface area contributed by atoms with Gasteiger partial charge in [-0.15, -0.1) is 0 Å². The van der Waals surface area contributed by atoms with Crippen LogP contribution in [0.4, 0.5) is 5.69 Å². The van der Waals surface area contributed by atoms with Gasteiger partial charge in [-0.25, -0.2) is 0 Å². The molecule has 0 aliphatic carbocycles. The maximum absolute atomic E-state index is 8.80. The molecule has 0 aromatic heterocycles. The molecule has 1 rings (SSSR count). The van der Waals surface area contributed by atoms with Crippen molar-refractivity contribution in [1.82, 2.24) is 0 Å². The summed E-state index contributed by atoms with van der Waals surface area (Å²) in [5, 5.41) is 11.9. The number of nitriles is 1. The monoisotopic (exact) mass is 205 g/mol. The molecule has 14 heavy (non-hydrogen) atoms. The van der Waals surface area contributed by atoms with Crippen LogP contribution in [-0.2, 0) is 6.42 Å². The van der Waals surface area contributed by atoms with Gasteiger partial charge in [-0.1, -0.05) is 6.92 Å². The molecule has 0 amide bonds. The minimum Gasteiger partial charge on any atom is -0.376 e. The molecule has 0 radical (unpaired) electrons. The van der Waals surface area contributed by atoms with E-state index in [1.54, 1.807) is 12.1 Å². The number of aryl methyl sites for hydroxylation is 1. The minimum atomic E-state index is 0.233. The van der Waals surface area contributed by atoms with Gasteiger partial charge >= 0.3 is 0 Å². The molecule has 72 valence electrons. The second-order valence-corrected chi connectivity index (χ2v) is 3.27. The summed E-state index contributed by atoms with van der Waals surface area (Å²) < 4.78 is 0. The first-order valence-electron chi connectivity index (χ1n) is 4.27. The van der Waals surface area contributed by atoms with Crippen molar-refractivity contribution in [1.29, 1.82) is 5.26 Å².